The first kappa shape index (κ1) is 9.69. The van der Waals surface area contributed by atoms with E-state index in [0.717, 1.165) is 6.54 Å². The van der Waals surface area contributed by atoms with Crippen molar-refractivity contribution in [1.82, 2.24) is 10.6 Å². The van der Waals surface area contributed by atoms with Gasteiger partial charge in [-0.15, -0.1) is 0 Å². The fraction of sp³-hybridized carbons (Fsp3) is 0.500. The largest absolute Gasteiger partial charge is 0.311 e. The standard InChI is InChI=1S/C12H18N2/c1-9-10(2)14-12(8-13-9)11-6-4-3-5-7-11/h3-7,9-10,12-14H,8H2,1-2H3. The van der Waals surface area contributed by atoms with Gasteiger partial charge in [0.25, 0.3) is 0 Å². The molecule has 2 heteroatoms. The molecule has 1 aromatic carbocycles. The highest BCUT2D eigenvalue weighted by atomic mass is 15.1. The summed E-state index contributed by atoms with van der Waals surface area (Å²) in [5.74, 6) is 0. The van der Waals surface area contributed by atoms with Crippen LogP contribution in [0.2, 0.25) is 0 Å². The van der Waals surface area contributed by atoms with Gasteiger partial charge in [0.15, 0.2) is 0 Å². The molecule has 1 aliphatic heterocycles. The quantitative estimate of drug-likeness (QED) is 0.704. The normalized spacial score (nSPS) is 32.9. The predicted octanol–water partition coefficient (Wildman–Crippen LogP) is 1.70. The van der Waals surface area contributed by atoms with Gasteiger partial charge in [0.2, 0.25) is 0 Å². The molecule has 76 valence electrons. The fourth-order valence-electron chi connectivity index (χ4n) is 1.90. The van der Waals surface area contributed by atoms with Crippen LogP contribution in [0, 0.1) is 0 Å². The Hall–Kier alpha value is -0.860. The van der Waals surface area contributed by atoms with E-state index in [9.17, 15) is 0 Å². The molecule has 1 saturated heterocycles. The zero-order valence-corrected chi connectivity index (χ0v) is 8.83. The Morgan fingerprint density at radius 1 is 1.07 bits per heavy atom. The van der Waals surface area contributed by atoms with Crippen LogP contribution in [0.4, 0.5) is 0 Å². The highest BCUT2D eigenvalue weighted by Gasteiger charge is 2.23. The van der Waals surface area contributed by atoms with Crippen molar-refractivity contribution in [3.05, 3.63) is 35.9 Å². The molecule has 3 unspecified atom stereocenters. The smallest absolute Gasteiger partial charge is 0.0449 e. The SMILES string of the molecule is CC1NCC(c2ccccc2)NC1C. The average molecular weight is 190 g/mol. The van der Waals surface area contributed by atoms with Crippen molar-refractivity contribution >= 4 is 0 Å². The molecule has 2 rings (SSSR count). The third kappa shape index (κ3) is 1.97. The first-order valence-electron chi connectivity index (χ1n) is 5.32. The first-order chi connectivity index (χ1) is 6.77. The van der Waals surface area contributed by atoms with Gasteiger partial charge in [-0.05, 0) is 19.4 Å². The minimum atomic E-state index is 0.461. The maximum atomic E-state index is 3.62. The summed E-state index contributed by atoms with van der Waals surface area (Å²) in [4.78, 5) is 0. The summed E-state index contributed by atoms with van der Waals surface area (Å²) in [5, 5.41) is 7.14. The van der Waals surface area contributed by atoms with Crippen molar-refractivity contribution in [2.24, 2.45) is 0 Å². The van der Waals surface area contributed by atoms with Crippen LogP contribution < -0.4 is 10.6 Å². The molecule has 0 aromatic heterocycles. The van der Waals surface area contributed by atoms with E-state index >= 15 is 0 Å². The van der Waals surface area contributed by atoms with E-state index in [1.165, 1.54) is 5.56 Å². The molecule has 1 heterocycles. The van der Waals surface area contributed by atoms with Crippen molar-refractivity contribution < 1.29 is 0 Å². The molecule has 1 aromatic rings. The van der Waals surface area contributed by atoms with Gasteiger partial charge in [0.05, 0.1) is 0 Å². The number of hydrogen-bond acceptors (Lipinski definition) is 2. The summed E-state index contributed by atoms with van der Waals surface area (Å²) >= 11 is 0. The minimum absolute atomic E-state index is 0.461. The van der Waals surface area contributed by atoms with Crippen LogP contribution in [0.1, 0.15) is 25.5 Å². The van der Waals surface area contributed by atoms with Crippen LogP contribution in [0.5, 0.6) is 0 Å². The number of benzene rings is 1. The first-order valence-corrected chi connectivity index (χ1v) is 5.32. The summed E-state index contributed by atoms with van der Waals surface area (Å²) in [6.45, 7) is 5.47. The van der Waals surface area contributed by atoms with Gasteiger partial charge in [0, 0.05) is 24.7 Å². The Kier molecular flexibility index (Phi) is 2.85. The van der Waals surface area contributed by atoms with Gasteiger partial charge in [-0.1, -0.05) is 30.3 Å². The molecule has 2 nitrogen and oxygen atoms in total. The second-order valence-corrected chi connectivity index (χ2v) is 4.12. The lowest BCUT2D eigenvalue weighted by atomic mass is 10.0. The van der Waals surface area contributed by atoms with Crippen LogP contribution >= 0.6 is 0 Å². The Morgan fingerprint density at radius 2 is 1.79 bits per heavy atom. The molecular formula is C12H18N2. The average Bonchev–Trinajstić information content (AvgIpc) is 2.23. The molecule has 14 heavy (non-hydrogen) atoms. The molecule has 0 radical (unpaired) electrons. The van der Waals surface area contributed by atoms with Crippen LogP contribution in [0.15, 0.2) is 30.3 Å². The van der Waals surface area contributed by atoms with Gasteiger partial charge in [-0.25, -0.2) is 0 Å². The van der Waals surface area contributed by atoms with Gasteiger partial charge < -0.3 is 10.6 Å². The fourth-order valence-corrected chi connectivity index (χ4v) is 1.90. The van der Waals surface area contributed by atoms with Gasteiger partial charge in [-0.3, -0.25) is 0 Å². The molecule has 1 fully saturated rings. The third-order valence-corrected chi connectivity index (χ3v) is 3.06. The third-order valence-electron chi connectivity index (χ3n) is 3.06. The monoisotopic (exact) mass is 190 g/mol. The summed E-state index contributed by atoms with van der Waals surface area (Å²) in [7, 11) is 0. The molecule has 0 bridgehead atoms. The molecule has 0 aliphatic carbocycles. The maximum Gasteiger partial charge on any atom is 0.0449 e. The zero-order chi connectivity index (χ0) is 9.97. The van der Waals surface area contributed by atoms with E-state index < -0.39 is 0 Å². The van der Waals surface area contributed by atoms with Crippen molar-refractivity contribution in [2.75, 3.05) is 6.54 Å². The number of piperazine rings is 1. The van der Waals surface area contributed by atoms with E-state index in [4.69, 9.17) is 0 Å². The molecular weight excluding hydrogens is 172 g/mol. The highest BCUT2D eigenvalue weighted by Crippen LogP contribution is 2.16. The van der Waals surface area contributed by atoms with Crippen molar-refractivity contribution in [1.29, 1.82) is 0 Å². The van der Waals surface area contributed by atoms with Crippen molar-refractivity contribution in [3.8, 4) is 0 Å². The lowest BCUT2D eigenvalue weighted by molar-refractivity contribution is 0.296. The second kappa shape index (κ2) is 4.11. The van der Waals surface area contributed by atoms with Gasteiger partial charge >= 0.3 is 0 Å². The minimum Gasteiger partial charge on any atom is -0.311 e. The van der Waals surface area contributed by atoms with E-state index in [1.807, 2.05) is 0 Å². The van der Waals surface area contributed by atoms with Crippen molar-refractivity contribution in [2.45, 2.75) is 32.0 Å². The van der Waals surface area contributed by atoms with Crippen LogP contribution in [-0.4, -0.2) is 18.6 Å². The van der Waals surface area contributed by atoms with E-state index in [0.29, 0.717) is 18.1 Å². The lowest BCUT2D eigenvalue weighted by Crippen LogP contribution is -2.54. The molecule has 0 spiro atoms. The Labute approximate surface area is 85.7 Å². The summed E-state index contributed by atoms with van der Waals surface area (Å²) in [6.07, 6.45) is 0. The van der Waals surface area contributed by atoms with Crippen LogP contribution in [0.3, 0.4) is 0 Å². The zero-order valence-electron chi connectivity index (χ0n) is 8.83. The second-order valence-electron chi connectivity index (χ2n) is 4.12. The Bertz CT molecular complexity index is 284. The molecule has 0 saturated carbocycles. The summed E-state index contributed by atoms with van der Waals surface area (Å²) in [5.41, 5.74) is 1.37. The number of nitrogens with one attached hydrogen (secondary N) is 2. The topological polar surface area (TPSA) is 24.1 Å². The van der Waals surface area contributed by atoms with E-state index in [-0.39, 0.29) is 0 Å². The Morgan fingerprint density at radius 3 is 2.43 bits per heavy atom. The van der Waals surface area contributed by atoms with E-state index in [1.54, 1.807) is 0 Å². The van der Waals surface area contributed by atoms with Gasteiger partial charge in [-0.2, -0.15) is 0 Å². The molecule has 2 N–H and O–H groups in total. The number of rotatable bonds is 1. The maximum absolute atomic E-state index is 3.62. The van der Waals surface area contributed by atoms with Crippen molar-refractivity contribution in [3.63, 3.8) is 0 Å². The van der Waals surface area contributed by atoms with Gasteiger partial charge in [0.1, 0.15) is 0 Å². The Balaban J connectivity index is 2.07. The lowest BCUT2D eigenvalue weighted by Gasteiger charge is -2.35. The number of hydrogen-bond donors (Lipinski definition) is 2. The predicted molar refractivity (Wildman–Crippen MR) is 59.2 cm³/mol. The molecule has 0 amide bonds. The van der Waals surface area contributed by atoms with Crippen LogP contribution in [0.25, 0.3) is 0 Å². The summed E-state index contributed by atoms with van der Waals surface area (Å²) in [6, 6.07) is 12.2. The van der Waals surface area contributed by atoms with E-state index in [2.05, 4.69) is 54.8 Å². The molecule has 3 atom stereocenters. The van der Waals surface area contributed by atoms with Crippen LogP contribution in [-0.2, 0) is 0 Å². The molecule has 1 aliphatic rings. The highest BCUT2D eigenvalue weighted by molar-refractivity contribution is 5.20. The summed E-state index contributed by atoms with van der Waals surface area (Å²) < 4.78 is 0.